The van der Waals surface area contributed by atoms with Crippen molar-refractivity contribution in [3.8, 4) is 0 Å². The monoisotopic (exact) mass is 447 g/mol. The van der Waals surface area contributed by atoms with Gasteiger partial charge in [0.25, 0.3) is 0 Å². The average Bonchev–Trinajstić information content (AvgIpc) is 2.95. The van der Waals surface area contributed by atoms with E-state index < -0.39 is 5.72 Å². The number of carbonyl (C=O) groups excluding carboxylic acids is 1. The Bertz CT molecular complexity index is 460. The molecule has 1 rings (SSSR count). The highest BCUT2D eigenvalue weighted by Gasteiger charge is 2.50. The lowest BCUT2D eigenvalue weighted by Crippen LogP contribution is -2.46. The average molecular weight is 448 g/mol. The van der Waals surface area contributed by atoms with Crippen molar-refractivity contribution < 1.29 is 19.4 Å². The minimum absolute atomic E-state index is 0.0634. The third-order valence-electron chi connectivity index (χ3n) is 6.06. The molecule has 1 N–H and O–H groups in total. The summed E-state index contributed by atoms with van der Waals surface area (Å²) in [4.78, 5) is 11.7. The van der Waals surface area contributed by atoms with Gasteiger partial charge in [0.05, 0.1) is 18.8 Å². The zero-order valence-corrected chi connectivity index (χ0v) is 20.5. The van der Waals surface area contributed by atoms with Crippen LogP contribution in [0.25, 0.3) is 0 Å². The van der Waals surface area contributed by atoms with E-state index in [9.17, 15) is 4.79 Å². The van der Waals surface area contributed by atoms with Crippen molar-refractivity contribution in [1.29, 1.82) is 0 Å². The predicted octanol–water partition coefficient (Wildman–Crippen LogP) is 6.35. The van der Waals surface area contributed by atoms with Crippen LogP contribution >= 0.6 is 11.8 Å². The van der Waals surface area contributed by atoms with E-state index in [2.05, 4.69) is 20.8 Å². The van der Waals surface area contributed by atoms with Crippen molar-refractivity contribution in [2.45, 2.75) is 128 Å². The number of nitrogens with zero attached hydrogens (tertiary/aromatic N) is 1. The van der Waals surface area contributed by atoms with Gasteiger partial charge >= 0.3 is 5.97 Å². The highest BCUT2D eigenvalue weighted by atomic mass is 35.5. The Morgan fingerprint density at radius 2 is 1.50 bits per heavy atom. The van der Waals surface area contributed by atoms with E-state index in [-0.39, 0.29) is 24.7 Å². The molecule has 6 heteroatoms. The van der Waals surface area contributed by atoms with Crippen molar-refractivity contribution in [3.63, 3.8) is 0 Å². The maximum atomic E-state index is 11.7. The molecule has 0 saturated carbocycles. The molecule has 1 atom stereocenters. The van der Waals surface area contributed by atoms with E-state index >= 15 is 0 Å². The van der Waals surface area contributed by atoms with Gasteiger partial charge in [-0.15, -0.1) is 0 Å². The molecule has 0 aliphatic carbocycles. The summed E-state index contributed by atoms with van der Waals surface area (Å²) in [6.07, 6.45) is 17.0. The van der Waals surface area contributed by atoms with Gasteiger partial charge in [0, 0.05) is 6.42 Å². The highest BCUT2D eigenvalue weighted by molar-refractivity contribution is 6.14. The van der Waals surface area contributed by atoms with E-state index in [1.54, 1.807) is 0 Å². The normalized spacial score (nSPS) is 21.2. The molecule has 0 aromatic rings. The number of aliphatic hydroxyl groups excluding tert-OH is 1. The molecule has 0 bridgehead atoms. The van der Waals surface area contributed by atoms with E-state index in [0.717, 1.165) is 12.8 Å². The Kier molecular flexibility index (Phi) is 14.2. The van der Waals surface area contributed by atoms with Crippen molar-refractivity contribution in [2.24, 2.45) is 0 Å². The number of esters is 1. The molecule has 0 amide bonds. The maximum Gasteiger partial charge on any atom is 0.305 e. The summed E-state index contributed by atoms with van der Waals surface area (Å²) >= 11 is 6.72. The molecule has 0 spiro atoms. The summed E-state index contributed by atoms with van der Waals surface area (Å²) in [6, 6.07) is 0. The lowest BCUT2D eigenvalue weighted by molar-refractivity contribution is -0.145. The topological polar surface area (TPSA) is 59.0 Å². The van der Waals surface area contributed by atoms with Gasteiger partial charge in [0.15, 0.2) is 0 Å². The Morgan fingerprint density at radius 1 is 0.967 bits per heavy atom. The zero-order valence-electron chi connectivity index (χ0n) is 19.7. The fourth-order valence-electron chi connectivity index (χ4n) is 4.25. The number of carbonyl (C=O) groups is 1. The minimum Gasteiger partial charge on any atom is -0.463 e. The van der Waals surface area contributed by atoms with E-state index in [0.29, 0.717) is 25.9 Å². The molecule has 30 heavy (non-hydrogen) atoms. The van der Waals surface area contributed by atoms with E-state index in [4.69, 9.17) is 26.4 Å². The summed E-state index contributed by atoms with van der Waals surface area (Å²) in [5.74, 6) is -0.271. The molecule has 5 nitrogen and oxygen atoms in total. The third kappa shape index (κ3) is 10.3. The smallest absolute Gasteiger partial charge is 0.305 e. The van der Waals surface area contributed by atoms with Crippen LogP contribution in [0.4, 0.5) is 0 Å². The number of hydrogen-bond donors (Lipinski definition) is 1. The highest BCUT2D eigenvalue weighted by Crippen LogP contribution is 2.43. The first-order chi connectivity index (χ1) is 14.4. The molecule has 1 unspecified atom stereocenters. The molecule has 0 aromatic carbocycles. The second kappa shape index (κ2) is 15.4. The SMILES string of the molecule is CCCCCCCCCCCCCC1(CCCC(=O)OCCO)OCC(C)(C)N1Cl. The number of unbranched alkanes of at least 4 members (excludes halogenated alkanes) is 10. The summed E-state index contributed by atoms with van der Waals surface area (Å²) in [5.41, 5.74) is -0.710. The molecule has 1 fully saturated rings. The third-order valence-corrected chi connectivity index (χ3v) is 6.82. The van der Waals surface area contributed by atoms with Gasteiger partial charge in [0.1, 0.15) is 12.3 Å². The van der Waals surface area contributed by atoms with Crippen LogP contribution in [0.2, 0.25) is 0 Å². The second-order valence-electron chi connectivity index (χ2n) is 9.41. The Labute approximate surface area is 189 Å². The van der Waals surface area contributed by atoms with Crippen molar-refractivity contribution in [1.82, 2.24) is 4.42 Å². The Balaban J connectivity index is 2.29. The van der Waals surface area contributed by atoms with Crippen LogP contribution in [-0.4, -0.2) is 46.6 Å². The fourth-order valence-corrected chi connectivity index (χ4v) is 4.51. The van der Waals surface area contributed by atoms with Crippen LogP contribution in [-0.2, 0) is 14.3 Å². The first-order valence-corrected chi connectivity index (χ1v) is 12.6. The van der Waals surface area contributed by atoms with Gasteiger partial charge in [-0.3, -0.25) is 4.79 Å². The molecule has 1 saturated heterocycles. The Hall–Kier alpha value is -0.360. The van der Waals surface area contributed by atoms with E-state index in [1.165, 1.54) is 64.2 Å². The van der Waals surface area contributed by atoms with Crippen LogP contribution in [0.15, 0.2) is 0 Å². The van der Waals surface area contributed by atoms with Crippen molar-refractivity contribution in [3.05, 3.63) is 0 Å². The van der Waals surface area contributed by atoms with Gasteiger partial charge in [0.2, 0.25) is 0 Å². The second-order valence-corrected chi connectivity index (χ2v) is 9.75. The molecule has 1 aliphatic rings. The van der Waals surface area contributed by atoms with Crippen LogP contribution in [0, 0.1) is 0 Å². The molecular formula is C24H46ClNO4. The van der Waals surface area contributed by atoms with Crippen LogP contribution < -0.4 is 0 Å². The number of ether oxygens (including phenoxy) is 2. The number of rotatable bonds is 18. The van der Waals surface area contributed by atoms with Gasteiger partial charge in [-0.1, -0.05) is 71.1 Å². The standard InChI is InChI=1S/C24H46ClNO4/c1-4-5-6-7-8-9-10-11-12-13-14-17-24(26(25)23(2,3)21-30-24)18-15-16-22(28)29-20-19-27/h27H,4-21H2,1-3H3. The summed E-state index contributed by atoms with van der Waals surface area (Å²) in [7, 11) is 0. The van der Waals surface area contributed by atoms with Crippen molar-refractivity contribution >= 4 is 17.7 Å². The number of halogens is 1. The number of hydrogen-bond acceptors (Lipinski definition) is 5. The zero-order chi connectivity index (χ0) is 22.3. The minimum atomic E-state index is -0.498. The van der Waals surface area contributed by atoms with Crippen LogP contribution in [0.5, 0.6) is 0 Å². The first-order valence-electron chi connectivity index (χ1n) is 12.2. The number of aliphatic hydroxyl groups is 1. The lowest BCUT2D eigenvalue weighted by Gasteiger charge is -2.37. The molecule has 1 heterocycles. The van der Waals surface area contributed by atoms with Gasteiger partial charge in [-0.05, 0) is 51.3 Å². The van der Waals surface area contributed by atoms with Crippen molar-refractivity contribution in [2.75, 3.05) is 19.8 Å². The quantitative estimate of drug-likeness (QED) is 0.150. The Morgan fingerprint density at radius 3 is 2.00 bits per heavy atom. The largest absolute Gasteiger partial charge is 0.463 e. The predicted molar refractivity (Wildman–Crippen MR) is 123 cm³/mol. The maximum absolute atomic E-state index is 11.7. The summed E-state index contributed by atoms with van der Waals surface area (Å²) < 4.78 is 13.0. The van der Waals surface area contributed by atoms with Gasteiger partial charge in [-0.25, -0.2) is 0 Å². The summed E-state index contributed by atoms with van der Waals surface area (Å²) in [6.45, 7) is 6.98. The van der Waals surface area contributed by atoms with E-state index in [1.807, 2.05) is 4.42 Å². The molecule has 178 valence electrons. The van der Waals surface area contributed by atoms with Crippen LogP contribution in [0.1, 0.15) is 117 Å². The molecule has 0 radical (unpaired) electrons. The van der Waals surface area contributed by atoms with Crippen LogP contribution in [0.3, 0.4) is 0 Å². The van der Waals surface area contributed by atoms with Gasteiger partial charge < -0.3 is 14.6 Å². The molecule has 1 aliphatic heterocycles. The summed E-state index contributed by atoms with van der Waals surface area (Å²) in [5, 5.41) is 8.76. The lowest BCUT2D eigenvalue weighted by atomic mass is 9.96. The van der Waals surface area contributed by atoms with Gasteiger partial charge in [-0.2, -0.15) is 4.42 Å². The fraction of sp³-hybridized carbons (Fsp3) is 0.958. The molecular weight excluding hydrogens is 402 g/mol. The molecule has 0 aromatic heterocycles. The first kappa shape index (κ1) is 27.7.